The van der Waals surface area contributed by atoms with Crippen LogP contribution >= 0.6 is 0 Å². The van der Waals surface area contributed by atoms with Crippen LogP contribution in [0.4, 0.5) is 0 Å². The number of piperidine rings is 1. The van der Waals surface area contributed by atoms with Crippen LogP contribution in [0.25, 0.3) is 0 Å². The van der Waals surface area contributed by atoms with Gasteiger partial charge < -0.3 is 5.73 Å². The Morgan fingerprint density at radius 3 is 2.75 bits per heavy atom. The molecule has 0 amide bonds. The normalized spacial score (nSPS) is 24.2. The van der Waals surface area contributed by atoms with Crippen LogP contribution in [0.15, 0.2) is 30.3 Å². The van der Waals surface area contributed by atoms with Crippen molar-refractivity contribution in [3.63, 3.8) is 0 Å². The van der Waals surface area contributed by atoms with Gasteiger partial charge in [-0.05, 0) is 31.4 Å². The SMILES string of the molecule is CCC(c1ccccc1)N1CCCC(N)C1. The third-order valence-corrected chi connectivity index (χ3v) is 3.50. The summed E-state index contributed by atoms with van der Waals surface area (Å²) in [6.45, 7) is 4.51. The van der Waals surface area contributed by atoms with Gasteiger partial charge in [0.05, 0.1) is 0 Å². The van der Waals surface area contributed by atoms with E-state index in [0.717, 1.165) is 13.0 Å². The lowest BCUT2D eigenvalue weighted by Gasteiger charge is -2.37. The molecule has 0 spiro atoms. The van der Waals surface area contributed by atoms with Crippen molar-refractivity contribution in [3.05, 3.63) is 35.9 Å². The van der Waals surface area contributed by atoms with Gasteiger partial charge in [-0.25, -0.2) is 0 Å². The number of hydrogen-bond donors (Lipinski definition) is 1. The van der Waals surface area contributed by atoms with Crippen LogP contribution in [-0.4, -0.2) is 24.0 Å². The summed E-state index contributed by atoms with van der Waals surface area (Å²) in [4.78, 5) is 2.55. The molecule has 2 atom stereocenters. The van der Waals surface area contributed by atoms with E-state index in [2.05, 4.69) is 42.2 Å². The van der Waals surface area contributed by atoms with Gasteiger partial charge in [0.2, 0.25) is 0 Å². The Bertz CT molecular complexity index is 310. The molecule has 1 aliphatic heterocycles. The molecular weight excluding hydrogens is 196 g/mol. The van der Waals surface area contributed by atoms with Gasteiger partial charge in [0.1, 0.15) is 0 Å². The van der Waals surface area contributed by atoms with Crippen molar-refractivity contribution in [2.75, 3.05) is 13.1 Å². The molecule has 0 aromatic heterocycles. The van der Waals surface area contributed by atoms with Gasteiger partial charge in [-0.1, -0.05) is 37.3 Å². The Kier molecular flexibility index (Phi) is 3.97. The predicted molar refractivity (Wildman–Crippen MR) is 68.3 cm³/mol. The zero-order valence-corrected chi connectivity index (χ0v) is 10.1. The van der Waals surface area contributed by atoms with Crippen LogP contribution in [0, 0.1) is 0 Å². The van der Waals surface area contributed by atoms with E-state index in [0.29, 0.717) is 12.1 Å². The Labute approximate surface area is 98.4 Å². The maximum Gasteiger partial charge on any atom is 0.0346 e. The average Bonchev–Trinajstić information content (AvgIpc) is 2.31. The number of rotatable bonds is 3. The molecule has 0 saturated carbocycles. The summed E-state index contributed by atoms with van der Waals surface area (Å²) in [5.41, 5.74) is 7.48. The zero-order chi connectivity index (χ0) is 11.4. The topological polar surface area (TPSA) is 29.3 Å². The molecule has 1 heterocycles. The number of likely N-dealkylation sites (tertiary alicyclic amines) is 1. The van der Waals surface area contributed by atoms with Gasteiger partial charge in [0.25, 0.3) is 0 Å². The van der Waals surface area contributed by atoms with Crippen molar-refractivity contribution in [1.82, 2.24) is 4.90 Å². The predicted octanol–water partition coefficient (Wildman–Crippen LogP) is 2.56. The van der Waals surface area contributed by atoms with Gasteiger partial charge >= 0.3 is 0 Å². The summed E-state index contributed by atoms with van der Waals surface area (Å²) in [5, 5.41) is 0. The average molecular weight is 218 g/mol. The molecule has 1 saturated heterocycles. The molecule has 1 aromatic rings. The lowest BCUT2D eigenvalue weighted by Crippen LogP contribution is -2.44. The van der Waals surface area contributed by atoms with E-state index in [-0.39, 0.29) is 0 Å². The molecular formula is C14H22N2. The highest BCUT2D eigenvalue weighted by Crippen LogP contribution is 2.26. The summed E-state index contributed by atoms with van der Waals surface area (Å²) >= 11 is 0. The first-order chi connectivity index (χ1) is 7.81. The molecule has 0 aliphatic carbocycles. The van der Waals surface area contributed by atoms with E-state index in [1.165, 1.54) is 24.9 Å². The number of nitrogens with two attached hydrogens (primary N) is 1. The molecule has 2 unspecified atom stereocenters. The maximum atomic E-state index is 6.05. The maximum absolute atomic E-state index is 6.05. The quantitative estimate of drug-likeness (QED) is 0.845. The molecule has 2 heteroatoms. The highest BCUT2D eigenvalue weighted by atomic mass is 15.2. The summed E-state index contributed by atoms with van der Waals surface area (Å²) in [7, 11) is 0. The van der Waals surface area contributed by atoms with Crippen LogP contribution in [-0.2, 0) is 0 Å². The van der Waals surface area contributed by atoms with Gasteiger partial charge in [0.15, 0.2) is 0 Å². The van der Waals surface area contributed by atoms with Crippen molar-refractivity contribution in [1.29, 1.82) is 0 Å². The lowest BCUT2D eigenvalue weighted by molar-refractivity contribution is 0.145. The van der Waals surface area contributed by atoms with E-state index in [1.807, 2.05) is 0 Å². The smallest absolute Gasteiger partial charge is 0.0346 e. The molecule has 16 heavy (non-hydrogen) atoms. The first-order valence-corrected chi connectivity index (χ1v) is 6.36. The lowest BCUT2D eigenvalue weighted by atomic mass is 9.98. The standard InChI is InChI=1S/C14H22N2/c1-2-14(12-7-4-3-5-8-12)16-10-6-9-13(15)11-16/h3-5,7-8,13-14H,2,6,9-11,15H2,1H3. The van der Waals surface area contributed by atoms with Gasteiger partial charge in [-0.15, -0.1) is 0 Å². The Morgan fingerprint density at radius 2 is 2.12 bits per heavy atom. The largest absolute Gasteiger partial charge is 0.327 e. The molecule has 2 rings (SSSR count). The van der Waals surface area contributed by atoms with E-state index in [9.17, 15) is 0 Å². The number of benzene rings is 1. The third kappa shape index (κ3) is 2.63. The molecule has 88 valence electrons. The monoisotopic (exact) mass is 218 g/mol. The second-order valence-electron chi connectivity index (χ2n) is 4.73. The minimum atomic E-state index is 0.367. The minimum absolute atomic E-state index is 0.367. The molecule has 0 radical (unpaired) electrons. The van der Waals surface area contributed by atoms with Crippen molar-refractivity contribution in [2.45, 2.75) is 38.3 Å². The zero-order valence-electron chi connectivity index (χ0n) is 10.1. The van der Waals surface area contributed by atoms with E-state index in [4.69, 9.17) is 5.73 Å². The fourth-order valence-corrected chi connectivity index (χ4v) is 2.70. The first kappa shape index (κ1) is 11.6. The Hall–Kier alpha value is -0.860. The molecule has 0 bridgehead atoms. The fraction of sp³-hybridized carbons (Fsp3) is 0.571. The van der Waals surface area contributed by atoms with E-state index >= 15 is 0 Å². The molecule has 1 aliphatic rings. The third-order valence-electron chi connectivity index (χ3n) is 3.50. The summed E-state index contributed by atoms with van der Waals surface area (Å²) in [6.07, 6.45) is 3.59. The second-order valence-corrected chi connectivity index (χ2v) is 4.73. The summed E-state index contributed by atoms with van der Waals surface area (Å²) < 4.78 is 0. The molecule has 1 fully saturated rings. The van der Waals surface area contributed by atoms with Crippen LogP contribution in [0.2, 0.25) is 0 Å². The van der Waals surface area contributed by atoms with Crippen molar-refractivity contribution < 1.29 is 0 Å². The Morgan fingerprint density at radius 1 is 1.38 bits per heavy atom. The van der Waals surface area contributed by atoms with Crippen LogP contribution in [0.3, 0.4) is 0 Å². The number of hydrogen-bond acceptors (Lipinski definition) is 2. The highest BCUT2D eigenvalue weighted by molar-refractivity contribution is 5.19. The summed E-state index contributed by atoms with van der Waals surface area (Å²) in [5.74, 6) is 0. The van der Waals surface area contributed by atoms with Crippen molar-refractivity contribution >= 4 is 0 Å². The number of nitrogens with zero attached hydrogens (tertiary/aromatic N) is 1. The second kappa shape index (κ2) is 5.46. The van der Waals surface area contributed by atoms with E-state index in [1.54, 1.807) is 0 Å². The highest BCUT2D eigenvalue weighted by Gasteiger charge is 2.23. The van der Waals surface area contributed by atoms with E-state index < -0.39 is 0 Å². The first-order valence-electron chi connectivity index (χ1n) is 6.36. The molecule has 1 aromatic carbocycles. The van der Waals surface area contributed by atoms with Crippen LogP contribution in [0.1, 0.15) is 37.8 Å². The van der Waals surface area contributed by atoms with Gasteiger partial charge in [-0.2, -0.15) is 0 Å². The molecule has 2 nitrogen and oxygen atoms in total. The fourth-order valence-electron chi connectivity index (χ4n) is 2.70. The Balaban J connectivity index is 2.10. The van der Waals surface area contributed by atoms with Crippen LogP contribution < -0.4 is 5.73 Å². The van der Waals surface area contributed by atoms with Crippen molar-refractivity contribution in [3.8, 4) is 0 Å². The van der Waals surface area contributed by atoms with Gasteiger partial charge in [0, 0.05) is 18.6 Å². The van der Waals surface area contributed by atoms with Crippen molar-refractivity contribution in [2.24, 2.45) is 5.73 Å². The van der Waals surface area contributed by atoms with Crippen LogP contribution in [0.5, 0.6) is 0 Å². The van der Waals surface area contributed by atoms with Gasteiger partial charge in [-0.3, -0.25) is 4.90 Å². The minimum Gasteiger partial charge on any atom is -0.327 e. The molecule has 2 N–H and O–H groups in total. The summed E-state index contributed by atoms with van der Waals surface area (Å²) in [6, 6.07) is 11.7.